The molecule has 1 aliphatic rings. The van der Waals surface area contributed by atoms with Crippen LogP contribution < -0.4 is 4.74 Å². The Labute approximate surface area is 186 Å². The molecule has 1 aromatic rings. The molecule has 0 bridgehead atoms. The molecule has 0 spiro atoms. The number of aromatic nitrogens is 1. The summed E-state index contributed by atoms with van der Waals surface area (Å²) in [5, 5.41) is 0. The van der Waals surface area contributed by atoms with Gasteiger partial charge in [-0.2, -0.15) is 0 Å². The molecule has 7 nitrogen and oxygen atoms in total. The molecule has 2 heterocycles. The second-order valence-electron chi connectivity index (χ2n) is 7.88. The van der Waals surface area contributed by atoms with Crippen molar-refractivity contribution in [3.63, 3.8) is 0 Å². The van der Waals surface area contributed by atoms with E-state index < -0.39 is 11.7 Å². The fourth-order valence-corrected chi connectivity index (χ4v) is 3.11. The number of amides is 2. The van der Waals surface area contributed by atoms with Gasteiger partial charge in [0.15, 0.2) is 0 Å². The highest BCUT2D eigenvalue weighted by molar-refractivity contribution is 14.1. The third-order valence-electron chi connectivity index (χ3n) is 4.22. The van der Waals surface area contributed by atoms with Gasteiger partial charge in [0.25, 0.3) is 0 Å². The molecule has 0 atom stereocenters. The molecule has 0 aromatic carbocycles. The number of ether oxygens (including phenoxy) is 2. The topological polar surface area (TPSA) is 72.0 Å². The van der Waals surface area contributed by atoms with Crippen LogP contribution in [0, 0.1) is 3.57 Å². The molecule has 1 aromatic heterocycles. The van der Waals surface area contributed by atoms with Crippen LogP contribution in [-0.2, 0) is 9.53 Å². The number of likely N-dealkylation sites (tertiary alicyclic amines) is 1. The van der Waals surface area contributed by atoms with E-state index in [2.05, 4.69) is 27.6 Å². The van der Waals surface area contributed by atoms with Gasteiger partial charge in [-0.15, -0.1) is 0 Å². The molecular formula is C21H30IN3O4. The van der Waals surface area contributed by atoms with Crippen LogP contribution in [0.5, 0.6) is 5.88 Å². The lowest BCUT2D eigenvalue weighted by Crippen LogP contribution is -2.39. The first-order valence-corrected chi connectivity index (χ1v) is 11.0. The van der Waals surface area contributed by atoms with Crippen LogP contribution in [0.4, 0.5) is 4.79 Å². The van der Waals surface area contributed by atoms with Gasteiger partial charge in [0.05, 0.1) is 6.54 Å². The van der Waals surface area contributed by atoms with Crippen molar-refractivity contribution in [1.82, 2.24) is 14.8 Å². The summed E-state index contributed by atoms with van der Waals surface area (Å²) in [6.07, 6.45) is 7.81. The number of pyridine rings is 1. The molecule has 0 radical (unpaired) electrons. The van der Waals surface area contributed by atoms with Crippen molar-refractivity contribution in [2.75, 3.05) is 32.8 Å². The van der Waals surface area contributed by atoms with Crippen molar-refractivity contribution < 1.29 is 19.1 Å². The lowest BCUT2D eigenvalue weighted by molar-refractivity contribution is -0.126. The van der Waals surface area contributed by atoms with Crippen molar-refractivity contribution in [2.24, 2.45) is 0 Å². The van der Waals surface area contributed by atoms with Crippen molar-refractivity contribution in [2.45, 2.75) is 45.6 Å². The van der Waals surface area contributed by atoms with Crippen LogP contribution in [-0.4, -0.2) is 65.2 Å². The molecule has 1 aliphatic heterocycles. The summed E-state index contributed by atoms with van der Waals surface area (Å²) in [6.45, 7) is 7.95. The number of halogens is 1. The van der Waals surface area contributed by atoms with Crippen molar-refractivity contribution in [3.05, 3.63) is 34.1 Å². The van der Waals surface area contributed by atoms with E-state index in [-0.39, 0.29) is 19.1 Å². The zero-order chi connectivity index (χ0) is 21.3. The summed E-state index contributed by atoms with van der Waals surface area (Å²) in [4.78, 5) is 32.4. The van der Waals surface area contributed by atoms with Crippen LogP contribution in [0.25, 0.3) is 0 Å². The van der Waals surface area contributed by atoms with E-state index in [4.69, 9.17) is 9.47 Å². The predicted octanol–water partition coefficient (Wildman–Crippen LogP) is 3.87. The number of nitrogens with zero attached hydrogens (tertiary/aromatic N) is 3. The van der Waals surface area contributed by atoms with E-state index in [0.717, 1.165) is 29.5 Å². The maximum absolute atomic E-state index is 12.5. The lowest BCUT2D eigenvalue weighted by atomic mass is 10.1. The Morgan fingerprint density at radius 1 is 1.24 bits per heavy atom. The van der Waals surface area contributed by atoms with Gasteiger partial charge in [-0.3, -0.25) is 4.79 Å². The molecule has 0 unspecified atom stereocenters. The number of carbonyl (C=O) groups is 2. The van der Waals surface area contributed by atoms with E-state index >= 15 is 0 Å². The normalized spacial score (nSPS) is 14.7. The summed E-state index contributed by atoms with van der Waals surface area (Å²) < 4.78 is 12.1. The molecule has 160 valence electrons. The van der Waals surface area contributed by atoms with Crippen LogP contribution in [0.3, 0.4) is 0 Å². The average molecular weight is 515 g/mol. The Bertz CT molecular complexity index is 695. The highest BCUT2D eigenvalue weighted by atomic mass is 127. The third-order valence-corrected chi connectivity index (χ3v) is 4.86. The SMILES string of the molecule is CC(C)(C)OC(=O)N(C/C=C/C(=O)N1CCCCC1)CCOc1ccc(I)cn1. The van der Waals surface area contributed by atoms with Crippen LogP contribution in [0.2, 0.25) is 0 Å². The Morgan fingerprint density at radius 3 is 2.59 bits per heavy atom. The minimum absolute atomic E-state index is 0.00632. The van der Waals surface area contributed by atoms with E-state index in [0.29, 0.717) is 12.4 Å². The summed E-state index contributed by atoms with van der Waals surface area (Å²) in [5.74, 6) is 0.499. The largest absolute Gasteiger partial charge is 0.476 e. The number of rotatable bonds is 7. The van der Waals surface area contributed by atoms with Crippen LogP contribution in [0.1, 0.15) is 40.0 Å². The number of hydrogen-bond acceptors (Lipinski definition) is 5. The van der Waals surface area contributed by atoms with Crippen molar-refractivity contribution in [1.29, 1.82) is 0 Å². The molecular weight excluding hydrogens is 485 g/mol. The summed E-state index contributed by atoms with van der Waals surface area (Å²) in [5.41, 5.74) is -0.596. The first-order chi connectivity index (χ1) is 13.7. The number of piperidine rings is 1. The van der Waals surface area contributed by atoms with E-state index in [1.807, 2.05) is 31.7 Å². The van der Waals surface area contributed by atoms with Gasteiger partial charge < -0.3 is 19.3 Å². The minimum Gasteiger partial charge on any atom is -0.476 e. The lowest BCUT2D eigenvalue weighted by Gasteiger charge is -2.27. The predicted molar refractivity (Wildman–Crippen MR) is 120 cm³/mol. The smallest absolute Gasteiger partial charge is 0.410 e. The Hall–Kier alpha value is -1.84. The maximum atomic E-state index is 12.5. The Kier molecular flexibility index (Phi) is 9.19. The van der Waals surface area contributed by atoms with Gasteiger partial charge in [0.1, 0.15) is 12.2 Å². The Morgan fingerprint density at radius 2 is 1.97 bits per heavy atom. The molecule has 0 saturated carbocycles. The Balaban J connectivity index is 1.90. The molecule has 0 N–H and O–H groups in total. The maximum Gasteiger partial charge on any atom is 0.410 e. The summed E-state index contributed by atoms with van der Waals surface area (Å²) in [6, 6.07) is 3.69. The fourth-order valence-electron chi connectivity index (χ4n) is 2.79. The monoisotopic (exact) mass is 515 g/mol. The van der Waals surface area contributed by atoms with Crippen LogP contribution >= 0.6 is 22.6 Å². The van der Waals surface area contributed by atoms with Gasteiger partial charge in [0, 0.05) is 41.5 Å². The highest BCUT2D eigenvalue weighted by Crippen LogP contribution is 2.12. The summed E-state index contributed by atoms with van der Waals surface area (Å²) >= 11 is 2.18. The van der Waals surface area contributed by atoms with Gasteiger partial charge in [-0.1, -0.05) is 6.08 Å². The van der Waals surface area contributed by atoms with Gasteiger partial charge >= 0.3 is 6.09 Å². The minimum atomic E-state index is -0.596. The van der Waals surface area contributed by atoms with Gasteiger partial charge in [-0.05, 0) is 68.7 Å². The third kappa shape index (κ3) is 9.01. The van der Waals surface area contributed by atoms with Gasteiger partial charge in [-0.25, -0.2) is 9.78 Å². The first-order valence-electron chi connectivity index (χ1n) is 9.92. The van der Waals surface area contributed by atoms with Crippen molar-refractivity contribution in [3.8, 4) is 5.88 Å². The molecule has 2 rings (SSSR count). The fraction of sp³-hybridized carbons (Fsp3) is 0.571. The summed E-state index contributed by atoms with van der Waals surface area (Å²) in [7, 11) is 0. The number of carbonyl (C=O) groups excluding carboxylic acids is 2. The van der Waals surface area contributed by atoms with E-state index in [1.54, 1.807) is 24.4 Å². The van der Waals surface area contributed by atoms with E-state index in [9.17, 15) is 9.59 Å². The zero-order valence-corrected chi connectivity index (χ0v) is 19.6. The van der Waals surface area contributed by atoms with Crippen LogP contribution in [0.15, 0.2) is 30.5 Å². The number of hydrogen-bond donors (Lipinski definition) is 0. The second kappa shape index (κ2) is 11.4. The zero-order valence-electron chi connectivity index (χ0n) is 17.4. The first kappa shape index (κ1) is 23.4. The molecule has 8 heteroatoms. The molecule has 2 amide bonds. The molecule has 1 saturated heterocycles. The highest BCUT2D eigenvalue weighted by Gasteiger charge is 2.22. The molecule has 0 aliphatic carbocycles. The molecule has 1 fully saturated rings. The van der Waals surface area contributed by atoms with E-state index in [1.165, 1.54) is 11.3 Å². The molecule has 29 heavy (non-hydrogen) atoms. The van der Waals surface area contributed by atoms with Gasteiger partial charge in [0.2, 0.25) is 11.8 Å². The standard InChI is InChI=1S/C21H30IN3O4/c1-21(2,3)29-20(27)25(14-15-28-18-10-9-17(22)16-23-18)13-7-8-19(26)24-11-5-4-6-12-24/h7-10,16H,4-6,11-15H2,1-3H3/b8-7+. The van der Waals surface area contributed by atoms with Crippen molar-refractivity contribution >= 4 is 34.6 Å². The average Bonchev–Trinajstić information content (AvgIpc) is 2.67. The second-order valence-corrected chi connectivity index (χ2v) is 9.12. The quantitative estimate of drug-likeness (QED) is 0.408.